The highest BCUT2D eigenvalue weighted by atomic mass is 32.2. The van der Waals surface area contributed by atoms with Gasteiger partial charge in [0.05, 0.1) is 16.5 Å². The lowest BCUT2D eigenvalue weighted by molar-refractivity contribution is -0.402. The lowest BCUT2D eigenvalue weighted by Crippen LogP contribution is -2.50. The van der Waals surface area contributed by atoms with Crippen molar-refractivity contribution in [2.45, 2.75) is 11.1 Å². The number of nitrogens with zero attached hydrogens (tertiary/aromatic N) is 3. The molecule has 1 aromatic heterocycles. The van der Waals surface area contributed by atoms with Crippen LogP contribution < -0.4 is 0 Å². The summed E-state index contributed by atoms with van der Waals surface area (Å²) in [5.74, 6) is -1.45. The first-order valence-electron chi connectivity index (χ1n) is 8.21. The number of halogens is 3. The Morgan fingerprint density at radius 3 is 2.10 bits per heavy atom. The van der Waals surface area contributed by atoms with Gasteiger partial charge in [-0.3, -0.25) is 14.9 Å². The minimum atomic E-state index is -4.57. The highest BCUT2D eigenvalue weighted by Crippen LogP contribution is 2.30. The number of rotatable bonds is 4. The summed E-state index contributed by atoms with van der Waals surface area (Å²) in [6.45, 7) is -0.184. The maximum absolute atomic E-state index is 12.6. The first-order valence-corrected chi connectivity index (χ1v) is 9.65. The van der Waals surface area contributed by atoms with E-state index in [1.54, 1.807) is 0 Å². The summed E-state index contributed by atoms with van der Waals surface area (Å²) in [7, 11) is -4.03. The van der Waals surface area contributed by atoms with Crippen molar-refractivity contribution in [3.8, 4) is 0 Å². The Labute approximate surface area is 162 Å². The molecule has 2 heterocycles. The minimum Gasteiger partial charge on any atom is -0.395 e. The third-order valence-electron chi connectivity index (χ3n) is 4.33. The van der Waals surface area contributed by atoms with Crippen LogP contribution >= 0.6 is 0 Å². The summed E-state index contributed by atoms with van der Waals surface area (Å²) in [6.07, 6.45) is -4.57. The summed E-state index contributed by atoms with van der Waals surface area (Å²) < 4.78 is 69.0. The second kappa shape index (κ2) is 7.48. The molecule has 2 aromatic rings. The molecule has 0 aliphatic carbocycles. The zero-order valence-corrected chi connectivity index (χ0v) is 15.4. The second-order valence-electron chi connectivity index (χ2n) is 6.11. The van der Waals surface area contributed by atoms with Crippen molar-refractivity contribution in [1.29, 1.82) is 0 Å². The third-order valence-corrected chi connectivity index (χ3v) is 6.24. The molecule has 1 saturated heterocycles. The van der Waals surface area contributed by atoms with Gasteiger partial charge in [0.2, 0.25) is 10.0 Å². The first-order chi connectivity index (χ1) is 13.5. The van der Waals surface area contributed by atoms with Gasteiger partial charge < -0.3 is 9.32 Å². The fourth-order valence-corrected chi connectivity index (χ4v) is 4.22. The number of hydrogen-bond donors (Lipinski definition) is 0. The quantitative estimate of drug-likeness (QED) is 0.540. The lowest BCUT2D eigenvalue weighted by atomic mass is 10.2. The molecular weight excluding hydrogens is 419 g/mol. The Kier molecular flexibility index (Phi) is 5.36. The molecule has 0 radical (unpaired) electrons. The maximum Gasteiger partial charge on any atom is 0.433 e. The van der Waals surface area contributed by atoms with E-state index in [4.69, 9.17) is 4.42 Å². The van der Waals surface area contributed by atoms with Crippen molar-refractivity contribution in [2.75, 3.05) is 26.2 Å². The predicted octanol–water partition coefficient (Wildman–Crippen LogP) is 2.35. The van der Waals surface area contributed by atoms with Crippen LogP contribution in [0.15, 0.2) is 45.7 Å². The van der Waals surface area contributed by atoms with Crippen LogP contribution in [0.3, 0.4) is 0 Å². The van der Waals surface area contributed by atoms with E-state index >= 15 is 0 Å². The van der Waals surface area contributed by atoms with Crippen LogP contribution in [-0.4, -0.2) is 54.6 Å². The molecule has 156 valence electrons. The molecule has 1 amide bonds. The van der Waals surface area contributed by atoms with Crippen LogP contribution in [0.4, 0.5) is 19.1 Å². The highest BCUT2D eigenvalue weighted by Gasteiger charge is 2.34. The summed E-state index contributed by atoms with van der Waals surface area (Å²) >= 11 is 0. The van der Waals surface area contributed by atoms with E-state index in [1.165, 1.54) is 4.90 Å². The van der Waals surface area contributed by atoms with Gasteiger partial charge in [0.15, 0.2) is 5.76 Å². The highest BCUT2D eigenvalue weighted by molar-refractivity contribution is 7.89. The van der Waals surface area contributed by atoms with Gasteiger partial charge in [-0.05, 0) is 30.3 Å². The average molecular weight is 433 g/mol. The molecule has 29 heavy (non-hydrogen) atoms. The number of piperazine rings is 1. The Morgan fingerprint density at radius 2 is 1.62 bits per heavy atom. The fraction of sp³-hybridized carbons (Fsp3) is 0.312. The van der Waals surface area contributed by atoms with Crippen molar-refractivity contribution in [1.82, 2.24) is 9.21 Å². The average Bonchev–Trinajstić information content (AvgIpc) is 3.17. The molecule has 0 atom stereocenters. The van der Waals surface area contributed by atoms with Crippen molar-refractivity contribution in [3.63, 3.8) is 0 Å². The van der Waals surface area contributed by atoms with E-state index in [2.05, 4.69) is 0 Å². The summed E-state index contributed by atoms with van der Waals surface area (Å²) in [4.78, 5) is 23.2. The molecule has 13 heteroatoms. The zero-order chi connectivity index (χ0) is 21.4. The number of sulfonamides is 1. The molecule has 1 aliphatic rings. The van der Waals surface area contributed by atoms with Crippen molar-refractivity contribution in [3.05, 3.63) is 57.8 Å². The van der Waals surface area contributed by atoms with Gasteiger partial charge in [-0.15, -0.1) is 0 Å². The molecule has 0 saturated carbocycles. The lowest BCUT2D eigenvalue weighted by Gasteiger charge is -2.33. The molecule has 9 nitrogen and oxygen atoms in total. The van der Waals surface area contributed by atoms with Crippen LogP contribution in [0.25, 0.3) is 0 Å². The SMILES string of the molecule is O=C(c1ccc([N+](=O)[O-])o1)N1CCN(S(=O)(=O)c2ccc(C(F)(F)F)cc2)CC1. The first kappa shape index (κ1) is 20.8. The Hall–Kier alpha value is -2.93. The summed E-state index contributed by atoms with van der Waals surface area (Å²) in [5.41, 5.74) is -0.959. The molecule has 0 unspecified atom stereocenters. The monoisotopic (exact) mass is 433 g/mol. The number of carbonyl (C=O) groups excluding carboxylic acids is 1. The molecular formula is C16H14F3N3O6S. The van der Waals surface area contributed by atoms with Gasteiger partial charge >= 0.3 is 12.1 Å². The third kappa shape index (κ3) is 4.24. The zero-order valence-electron chi connectivity index (χ0n) is 14.6. The van der Waals surface area contributed by atoms with Gasteiger partial charge in [0, 0.05) is 26.2 Å². The number of furan rings is 1. The van der Waals surface area contributed by atoms with Crippen LogP contribution in [0.2, 0.25) is 0 Å². The van der Waals surface area contributed by atoms with Gasteiger partial charge in [0.25, 0.3) is 5.91 Å². The van der Waals surface area contributed by atoms with E-state index in [0.717, 1.165) is 28.6 Å². The standard InChI is InChI=1S/C16H14F3N3O6S/c17-16(18,19)11-1-3-12(4-2-11)29(26,27)21-9-7-20(8-10-21)15(23)13-5-6-14(28-13)22(24)25/h1-6H,7-10H2. The Balaban J connectivity index is 1.67. The number of nitro groups is 1. The van der Waals surface area contributed by atoms with Gasteiger partial charge in [-0.2, -0.15) is 17.5 Å². The molecule has 0 spiro atoms. The Morgan fingerprint density at radius 1 is 1.03 bits per heavy atom. The molecule has 0 N–H and O–H groups in total. The summed E-state index contributed by atoms with van der Waals surface area (Å²) in [6, 6.07) is 5.35. The van der Waals surface area contributed by atoms with Crippen LogP contribution in [-0.2, 0) is 16.2 Å². The van der Waals surface area contributed by atoms with E-state index in [-0.39, 0.29) is 36.8 Å². The van der Waals surface area contributed by atoms with Gasteiger partial charge in [0.1, 0.15) is 4.92 Å². The van der Waals surface area contributed by atoms with Crippen molar-refractivity contribution >= 4 is 21.8 Å². The number of alkyl halides is 3. The molecule has 1 fully saturated rings. The molecule has 0 bridgehead atoms. The number of amides is 1. The van der Waals surface area contributed by atoms with E-state index < -0.39 is 38.5 Å². The van der Waals surface area contributed by atoms with Gasteiger partial charge in [-0.1, -0.05) is 0 Å². The van der Waals surface area contributed by atoms with Crippen LogP contribution in [0.1, 0.15) is 16.1 Å². The number of hydrogen-bond acceptors (Lipinski definition) is 6. The Bertz CT molecular complexity index is 1020. The summed E-state index contributed by atoms with van der Waals surface area (Å²) in [5, 5.41) is 10.6. The smallest absolute Gasteiger partial charge is 0.395 e. The van der Waals surface area contributed by atoms with E-state index in [9.17, 15) is 36.5 Å². The molecule has 1 aromatic carbocycles. The number of carbonyl (C=O) groups is 1. The maximum atomic E-state index is 12.6. The topological polar surface area (TPSA) is 114 Å². The van der Waals surface area contributed by atoms with Crippen molar-refractivity contribution in [2.24, 2.45) is 0 Å². The number of benzene rings is 1. The molecule has 1 aliphatic heterocycles. The van der Waals surface area contributed by atoms with Crippen LogP contribution in [0, 0.1) is 10.1 Å². The minimum absolute atomic E-state index is 0.00675. The van der Waals surface area contributed by atoms with E-state index in [0.29, 0.717) is 12.1 Å². The van der Waals surface area contributed by atoms with Crippen molar-refractivity contribution < 1.29 is 35.7 Å². The normalized spacial score (nSPS) is 16.0. The van der Waals surface area contributed by atoms with E-state index in [1.807, 2.05) is 0 Å². The molecule has 3 rings (SSSR count). The fourth-order valence-electron chi connectivity index (χ4n) is 2.79. The largest absolute Gasteiger partial charge is 0.433 e. The predicted molar refractivity (Wildman–Crippen MR) is 91.5 cm³/mol. The van der Waals surface area contributed by atoms with Crippen LogP contribution in [0.5, 0.6) is 0 Å². The second-order valence-corrected chi connectivity index (χ2v) is 8.05. The van der Waals surface area contributed by atoms with Gasteiger partial charge in [-0.25, -0.2) is 8.42 Å².